The van der Waals surface area contributed by atoms with Crippen LogP contribution >= 0.6 is 0 Å². The summed E-state index contributed by atoms with van der Waals surface area (Å²) < 4.78 is 2.01. The molecule has 1 aromatic carbocycles. The summed E-state index contributed by atoms with van der Waals surface area (Å²) in [6.45, 7) is 2.98. The molecule has 3 nitrogen and oxygen atoms in total. The zero-order chi connectivity index (χ0) is 13.2. The number of aromatic nitrogens is 2. The Balaban J connectivity index is 2.03. The molecule has 0 bridgehead atoms. The van der Waals surface area contributed by atoms with Crippen molar-refractivity contribution in [3.63, 3.8) is 0 Å². The van der Waals surface area contributed by atoms with E-state index in [0.29, 0.717) is 0 Å². The van der Waals surface area contributed by atoms with Gasteiger partial charge in [0.05, 0.1) is 11.8 Å². The number of aliphatic hydroxyl groups excluding tert-OH is 1. The van der Waals surface area contributed by atoms with Gasteiger partial charge in [0, 0.05) is 18.3 Å². The van der Waals surface area contributed by atoms with Crippen LogP contribution in [-0.2, 0) is 13.0 Å². The van der Waals surface area contributed by atoms with Gasteiger partial charge in [0.25, 0.3) is 0 Å². The first kappa shape index (κ1) is 12.4. The average Bonchev–Trinajstić information content (AvgIpc) is 2.84. The number of aliphatic hydroxyl groups is 1. The molecule has 0 amide bonds. The maximum atomic E-state index is 10.1. The molecule has 1 heterocycles. The molecule has 1 aliphatic rings. The topological polar surface area (TPSA) is 38.0 Å². The highest BCUT2D eigenvalue weighted by Crippen LogP contribution is 2.31. The Kier molecular flexibility index (Phi) is 3.38. The van der Waals surface area contributed by atoms with Crippen molar-refractivity contribution in [3.05, 3.63) is 41.6 Å². The summed E-state index contributed by atoms with van der Waals surface area (Å²) in [6.07, 6.45) is 5.79. The summed E-state index contributed by atoms with van der Waals surface area (Å²) in [5.41, 5.74) is 4.77. The van der Waals surface area contributed by atoms with Crippen LogP contribution in [0.4, 0.5) is 0 Å². The van der Waals surface area contributed by atoms with Gasteiger partial charge in [0.1, 0.15) is 0 Å². The van der Waals surface area contributed by atoms with Crippen LogP contribution in [0.2, 0.25) is 0 Å². The summed E-state index contributed by atoms with van der Waals surface area (Å²) in [4.78, 5) is 0. The number of nitrogens with zero attached hydrogens (tertiary/aromatic N) is 2. The van der Waals surface area contributed by atoms with Gasteiger partial charge in [-0.15, -0.1) is 0 Å². The predicted molar refractivity (Wildman–Crippen MR) is 75.9 cm³/mol. The van der Waals surface area contributed by atoms with E-state index >= 15 is 0 Å². The van der Waals surface area contributed by atoms with Crippen molar-refractivity contribution in [2.24, 2.45) is 0 Å². The molecule has 3 rings (SSSR count). The van der Waals surface area contributed by atoms with Crippen molar-refractivity contribution in [1.82, 2.24) is 9.78 Å². The van der Waals surface area contributed by atoms with Gasteiger partial charge in [-0.25, -0.2) is 0 Å². The number of hydrogen-bond donors (Lipinski definition) is 1. The van der Waals surface area contributed by atoms with Crippen LogP contribution in [0.5, 0.6) is 0 Å². The normalized spacial score (nSPS) is 18.9. The summed E-state index contributed by atoms with van der Waals surface area (Å²) in [5, 5.41) is 14.5. The Morgan fingerprint density at radius 3 is 3.05 bits per heavy atom. The van der Waals surface area contributed by atoms with Gasteiger partial charge in [0.2, 0.25) is 0 Å². The third-order valence-electron chi connectivity index (χ3n) is 3.99. The predicted octanol–water partition coefficient (Wildman–Crippen LogP) is 3.33. The van der Waals surface area contributed by atoms with E-state index in [2.05, 4.69) is 36.3 Å². The van der Waals surface area contributed by atoms with E-state index < -0.39 is 0 Å². The number of fused-ring (bicyclic) bond motifs is 1. The van der Waals surface area contributed by atoms with E-state index in [1.807, 2.05) is 10.9 Å². The van der Waals surface area contributed by atoms with Crippen LogP contribution in [0.3, 0.4) is 0 Å². The Hall–Kier alpha value is -1.61. The Labute approximate surface area is 113 Å². The second-order valence-electron chi connectivity index (χ2n) is 5.21. The molecule has 1 N–H and O–H groups in total. The fourth-order valence-corrected chi connectivity index (χ4v) is 2.95. The SMILES string of the molecule is CCn1nccc1-c1ccc2c(c1)CCCCC2O. The van der Waals surface area contributed by atoms with E-state index in [1.54, 1.807) is 0 Å². The Morgan fingerprint density at radius 1 is 1.32 bits per heavy atom. The zero-order valence-electron chi connectivity index (χ0n) is 11.3. The van der Waals surface area contributed by atoms with Crippen LogP contribution < -0.4 is 0 Å². The lowest BCUT2D eigenvalue weighted by molar-refractivity contribution is 0.166. The lowest BCUT2D eigenvalue weighted by atomic mass is 9.97. The zero-order valence-corrected chi connectivity index (χ0v) is 11.3. The first-order valence-electron chi connectivity index (χ1n) is 7.12. The van der Waals surface area contributed by atoms with E-state index in [9.17, 15) is 5.11 Å². The van der Waals surface area contributed by atoms with Crippen molar-refractivity contribution in [3.8, 4) is 11.3 Å². The number of aryl methyl sites for hydroxylation is 2. The minimum Gasteiger partial charge on any atom is -0.388 e. The van der Waals surface area contributed by atoms with E-state index in [0.717, 1.165) is 37.1 Å². The monoisotopic (exact) mass is 256 g/mol. The van der Waals surface area contributed by atoms with Crippen LogP contribution in [-0.4, -0.2) is 14.9 Å². The molecule has 0 radical (unpaired) electrons. The molecule has 0 saturated carbocycles. The molecule has 0 fully saturated rings. The van der Waals surface area contributed by atoms with Crippen LogP contribution in [0, 0.1) is 0 Å². The fourth-order valence-electron chi connectivity index (χ4n) is 2.95. The molecule has 1 aliphatic carbocycles. The third-order valence-corrected chi connectivity index (χ3v) is 3.99. The first-order chi connectivity index (χ1) is 9.29. The van der Waals surface area contributed by atoms with E-state index in [1.165, 1.54) is 17.5 Å². The Bertz CT molecular complexity index is 574. The van der Waals surface area contributed by atoms with Gasteiger partial charge >= 0.3 is 0 Å². The lowest BCUT2D eigenvalue weighted by Crippen LogP contribution is -2.01. The van der Waals surface area contributed by atoms with Crippen molar-refractivity contribution >= 4 is 0 Å². The van der Waals surface area contributed by atoms with Gasteiger partial charge in [0.15, 0.2) is 0 Å². The highest BCUT2D eigenvalue weighted by atomic mass is 16.3. The molecule has 0 saturated heterocycles. The van der Waals surface area contributed by atoms with E-state index in [4.69, 9.17) is 0 Å². The molecule has 1 unspecified atom stereocenters. The maximum absolute atomic E-state index is 10.1. The summed E-state index contributed by atoms with van der Waals surface area (Å²) >= 11 is 0. The number of benzene rings is 1. The van der Waals surface area contributed by atoms with Gasteiger partial charge in [-0.2, -0.15) is 5.10 Å². The van der Waals surface area contributed by atoms with Gasteiger partial charge in [-0.05, 0) is 49.4 Å². The second kappa shape index (κ2) is 5.17. The minimum atomic E-state index is -0.289. The molecular formula is C16H20N2O. The molecular weight excluding hydrogens is 236 g/mol. The highest BCUT2D eigenvalue weighted by Gasteiger charge is 2.17. The summed E-state index contributed by atoms with van der Waals surface area (Å²) in [5.74, 6) is 0. The van der Waals surface area contributed by atoms with E-state index in [-0.39, 0.29) is 6.10 Å². The number of hydrogen-bond acceptors (Lipinski definition) is 2. The van der Waals surface area contributed by atoms with Crippen LogP contribution in [0.1, 0.15) is 43.4 Å². The second-order valence-corrected chi connectivity index (χ2v) is 5.21. The molecule has 0 spiro atoms. The van der Waals surface area contributed by atoms with Gasteiger partial charge in [-0.3, -0.25) is 4.68 Å². The molecule has 19 heavy (non-hydrogen) atoms. The smallest absolute Gasteiger partial charge is 0.0792 e. The minimum absolute atomic E-state index is 0.289. The molecule has 0 aliphatic heterocycles. The molecule has 100 valence electrons. The first-order valence-corrected chi connectivity index (χ1v) is 7.12. The molecule has 1 aromatic heterocycles. The average molecular weight is 256 g/mol. The number of rotatable bonds is 2. The molecule has 1 atom stereocenters. The summed E-state index contributed by atoms with van der Waals surface area (Å²) in [6, 6.07) is 8.48. The Morgan fingerprint density at radius 2 is 2.21 bits per heavy atom. The van der Waals surface area contributed by atoms with Crippen molar-refractivity contribution in [2.75, 3.05) is 0 Å². The standard InChI is InChI=1S/C16H20N2O/c1-2-18-15(9-10-17-18)13-7-8-14-12(11-13)5-3-4-6-16(14)19/h7-11,16,19H,2-6H2,1H3. The fraction of sp³-hybridized carbons (Fsp3) is 0.438. The van der Waals surface area contributed by atoms with Gasteiger partial charge in [-0.1, -0.05) is 18.6 Å². The van der Waals surface area contributed by atoms with Crippen molar-refractivity contribution in [2.45, 2.75) is 45.3 Å². The van der Waals surface area contributed by atoms with Crippen LogP contribution in [0.25, 0.3) is 11.3 Å². The highest BCUT2D eigenvalue weighted by molar-refractivity contribution is 5.61. The quantitative estimate of drug-likeness (QED) is 0.837. The lowest BCUT2D eigenvalue weighted by Gasteiger charge is -2.13. The maximum Gasteiger partial charge on any atom is 0.0792 e. The van der Waals surface area contributed by atoms with Gasteiger partial charge < -0.3 is 5.11 Å². The van der Waals surface area contributed by atoms with Crippen LogP contribution in [0.15, 0.2) is 30.5 Å². The largest absolute Gasteiger partial charge is 0.388 e. The third kappa shape index (κ3) is 2.30. The van der Waals surface area contributed by atoms with Crippen molar-refractivity contribution in [1.29, 1.82) is 0 Å². The summed E-state index contributed by atoms with van der Waals surface area (Å²) in [7, 11) is 0. The molecule has 3 heteroatoms. The molecule has 2 aromatic rings. The van der Waals surface area contributed by atoms with Crippen molar-refractivity contribution < 1.29 is 5.11 Å².